The number of fused-ring (bicyclic) bond motifs is 1. The number of rotatable bonds is 7. The molecule has 3 rings (SSSR count). The van der Waals surface area contributed by atoms with Gasteiger partial charge in [0.25, 0.3) is 5.91 Å². The van der Waals surface area contributed by atoms with Crippen molar-refractivity contribution in [2.45, 2.75) is 13.3 Å². The lowest BCUT2D eigenvalue weighted by Gasteiger charge is -2.20. The van der Waals surface area contributed by atoms with Gasteiger partial charge in [0.15, 0.2) is 5.13 Å². The zero-order valence-corrected chi connectivity index (χ0v) is 17.4. The molecule has 0 saturated heterocycles. The maximum Gasteiger partial charge on any atom is 0.260 e. The van der Waals surface area contributed by atoms with Gasteiger partial charge in [0.1, 0.15) is 17.1 Å². The Morgan fingerprint density at radius 1 is 1.21 bits per heavy atom. The normalized spacial score (nSPS) is 11.2. The second kappa shape index (κ2) is 8.67. The fourth-order valence-electron chi connectivity index (χ4n) is 3.00. The van der Waals surface area contributed by atoms with Gasteiger partial charge in [-0.1, -0.05) is 17.4 Å². The Bertz CT molecular complexity index is 970. The van der Waals surface area contributed by atoms with E-state index in [1.54, 1.807) is 12.0 Å². The quantitative estimate of drug-likeness (QED) is 0.661. The van der Waals surface area contributed by atoms with E-state index in [-0.39, 0.29) is 11.7 Å². The van der Waals surface area contributed by atoms with Gasteiger partial charge in [-0.2, -0.15) is 0 Å². The first-order valence-electron chi connectivity index (χ1n) is 9.21. The largest absolute Gasteiger partial charge is 0.494 e. The number of ether oxygens (including phenoxy) is 1. The summed E-state index contributed by atoms with van der Waals surface area (Å²) < 4.78 is 19.7. The van der Waals surface area contributed by atoms with Gasteiger partial charge in [0.05, 0.1) is 32.4 Å². The van der Waals surface area contributed by atoms with E-state index in [0.717, 1.165) is 28.7 Å². The number of hydrogen-bond donors (Lipinski definition) is 1. The molecule has 1 aromatic heterocycles. The van der Waals surface area contributed by atoms with Gasteiger partial charge in [-0.25, -0.2) is 9.37 Å². The number of aryl methyl sites for hydroxylation is 1. The van der Waals surface area contributed by atoms with E-state index in [4.69, 9.17) is 9.72 Å². The summed E-state index contributed by atoms with van der Waals surface area (Å²) in [4.78, 5) is 20.9. The molecule has 0 atom stereocenters. The number of benzene rings is 2. The first-order chi connectivity index (χ1) is 13.4. The number of thiazole rings is 1. The first kappa shape index (κ1) is 20.2. The number of aromatic nitrogens is 1. The SMILES string of the molecule is COc1ccc(C)c2sc(N(CCC[NH+](C)C)C(=O)c3ccc(F)cc3)nc12. The molecule has 0 aliphatic carbocycles. The number of nitrogens with one attached hydrogen (secondary N) is 1. The van der Waals surface area contributed by atoms with Crippen molar-refractivity contribution in [3.63, 3.8) is 0 Å². The van der Waals surface area contributed by atoms with Crippen LogP contribution < -0.4 is 14.5 Å². The predicted molar refractivity (Wildman–Crippen MR) is 111 cm³/mol. The Hall–Kier alpha value is -2.51. The third kappa shape index (κ3) is 4.31. The number of anilines is 1. The van der Waals surface area contributed by atoms with E-state index < -0.39 is 0 Å². The number of amides is 1. The fraction of sp³-hybridized carbons (Fsp3) is 0.333. The summed E-state index contributed by atoms with van der Waals surface area (Å²) in [5, 5.41) is 0.630. The number of quaternary nitrogens is 1. The lowest BCUT2D eigenvalue weighted by molar-refractivity contribution is -0.858. The van der Waals surface area contributed by atoms with Crippen molar-refractivity contribution in [3.8, 4) is 5.75 Å². The molecule has 0 aliphatic heterocycles. The molecule has 0 saturated carbocycles. The summed E-state index contributed by atoms with van der Waals surface area (Å²) >= 11 is 1.48. The molecule has 0 radical (unpaired) electrons. The topological polar surface area (TPSA) is 46.9 Å². The van der Waals surface area contributed by atoms with Crippen LogP contribution in [0.25, 0.3) is 10.2 Å². The van der Waals surface area contributed by atoms with Gasteiger partial charge in [0, 0.05) is 18.5 Å². The molecule has 0 bridgehead atoms. The van der Waals surface area contributed by atoms with E-state index in [2.05, 4.69) is 14.1 Å². The van der Waals surface area contributed by atoms with Crippen LogP contribution in [0.1, 0.15) is 22.3 Å². The molecule has 28 heavy (non-hydrogen) atoms. The highest BCUT2D eigenvalue weighted by Gasteiger charge is 2.23. The Morgan fingerprint density at radius 2 is 1.93 bits per heavy atom. The highest BCUT2D eigenvalue weighted by molar-refractivity contribution is 7.22. The molecule has 148 valence electrons. The van der Waals surface area contributed by atoms with Crippen LogP contribution in [0.2, 0.25) is 0 Å². The van der Waals surface area contributed by atoms with Gasteiger partial charge in [-0.05, 0) is 42.8 Å². The van der Waals surface area contributed by atoms with Crippen molar-refractivity contribution in [2.24, 2.45) is 0 Å². The molecule has 2 aromatic carbocycles. The van der Waals surface area contributed by atoms with Crippen molar-refractivity contribution in [1.82, 2.24) is 4.98 Å². The molecule has 1 heterocycles. The third-order valence-corrected chi connectivity index (χ3v) is 5.75. The van der Waals surface area contributed by atoms with Crippen LogP contribution in [0.4, 0.5) is 9.52 Å². The van der Waals surface area contributed by atoms with Crippen LogP contribution in [0.5, 0.6) is 5.75 Å². The number of nitrogens with zero attached hydrogens (tertiary/aromatic N) is 2. The van der Waals surface area contributed by atoms with Gasteiger partial charge < -0.3 is 9.64 Å². The van der Waals surface area contributed by atoms with Crippen LogP contribution >= 0.6 is 11.3 Å². The van der Waals surface area contributed by atoms with Crippen molar-refractivity contribution >= 4 is 32.6 Å². The van der Waals surface area contributed by atoms with E-state index in [0.29, 0.717) is 23.0 Å². The molecule has 0 spiro atoms. The molecular weight excluding hydrogens is 377 g/mol. The minimum Gasteiger partial charge on any atom is -0.494 e. The number of halogens is 1. The molecule has 0 unspecified atom stereocenters. The minimum absolute atomic E-state index is 0.176. The highest BCUT2D eigenvalue weighted by Crippen LogP contribution is 2.36. The number of hydrogen-bond acceptors (Lipinski definition) is 4. The zero-order valence-electron chi connectivity index (χ0n) is 16.6. The van der Waals surface area contributed by atoms with Crippen LogP contribution in [-0.2, 0) is 0 Å². The lowest BCUT2D eigenvalue weighted by Crippen LogP contribution is -3.05. The Labute approximate surface area is 168 Å². The Kier molecular flexibility index (Phi) is 6.26. The zero-order chi connectivity index (χ0) is 20.3. The van der Waals surface area contributed by atoms with Gasteiger partial charge in [0.2, 0.25) is 0 Å². The van der Waals surface area contributed by atoms with Gasteiger partial charge in [-0.3, -0.25) is 9.69 Å². The summed E-state index contributed by atoms with van der Waals surface area (Å²) in [6, 6.07) is 9.53. The van der Waals surface area contributed by atoms with E-state index in [9.17, 15) is 9.18 Å². The standard InChI is InChI=1S/C21H24FN3O2S/c1-14-6-11-17(27-4)18-19(14)28-21(23-18)25(13-5-12-24(2)3)20(26)15-7-9-16(22)10-8-15/h6-11H,5,12-13H2,1-4H3/p+1. The Morgan fingerprint density at radius 3 is 2.57 bits per heavy atom. The van der Waals surface area contributed by atoms with E-state index >= 15 is 0 Å². The third-order valence-electron chi connectivity index (χ3n) is 4.54. The van der Waals surface area contributed by atoms with Crippen molar-refractivity contribution in [2.75, 3.05) is 39.2 Å². The molecule has 7 heteroatoms. The smallest absolute Gasteiger partial charge is 0.260 e. The predicted octanol–water partition coefficient (Wildman–Crippen LogP) is 2.93. The summed E-state index contributed by atoms with van der Waals surface area (Å²) in [5.74, 6) is 0.152. The monoisotopic (exact) mass is 402 g/mol. The van der Waals surface area contributed by atoms with Crippen LogP contribution in [0.3, 0.4) is 0 Å². The van der Waals surface area contributed by atoms with Crippen molar-refractivity contribution in [3.05, 3.63) is 53.3 Å². The second-order valence-electron chi connectivity index (χ2n) is 7.03. The first-order valence-corrected chi connectivity index (χ1v) is 10.0. The molecular formula is C21H25FN3O2S+. The molecule has 5 nitrogen and oxygen atoms in total. The fourth-order valence-corrected chi connectivity index (χ4v) is 4.08. The maximum absolute atomic E-state index is 13.3. The number of methoxy groups -OCH3 is 1. The average Bonchev–Trinajstić information content (AvgIpc) is 3.11. The van der Waals surface area contributed by atoms with E-state index in [1.807, 2.05) is 19.1 Å². The molecule has 0 fully saturated rings. The van der Waals surface area contributed by atoms with Crippen molar-refractivity contribution in [1.29, 1.82) is 0 Å². The highest BCUT2D eigenvalue weighted by atomic mass is 32.1. The number of carbonyl (C=O) groups is 1. The van der Waals surface area contributed by atoms with Gasteiger partial charge in [-0.15, -0.1) is 0 Å². The summed E-state index contributed by atoms with van der Waals surface area (Å²) in [5.41, 5.74) is 2.30. The summed E-state index contributed by atoms with van der Waals surface area (Å²) in [6.45, 7) is 3.49. The van der Waals surface area contributed by atoms with Crippen LogP contribution in [0.15, 0.2) is 36.4 Å². The Balaban J connectivity index is 2.00. The summed E-state index contributed by atoms with van der Waals surface area (Å²) in [6.07, 6.45) is 0.835. The van der Waals surface area contributed by atoms with Crippen LogP contribution in [0, 0.1) is 12.7 Å². The van der Waals surface area contributed by atoms with Crippen molar-refractivity contribution < 1.29 is 18.8 Å². The molecule has 1 amide bonds. The maximum atomic E-state index is 13.3. The molecule has 0 aliphatic rings. The molecule has 3 aromatic rings. The second-order valence-corrected chi connectivity index (χ2v) is 8.01. The van der Waals surface area contributed by atoms with Gasteiger partial charge >= 0.3 is 0 Å². The number of carbonyl (C=O) groups excluding carboxylic acids is 1. The summed E-state index contributed by atoms with van der Waals surface area (Å²) in [7, 11) is 5.78. The minimum atomic E-state index is -0.361. The molecule has 1 N–H and O–H groups in total. The van der Waals surface area contributed by atoms with Crippen LogP contribution in [-0.4, -0.2) is 45.2 Å². The average molecular weight is 403 g/mol. The van der Waals surface area contributed by atoms with E-state index in [1.165, 1.54) is 40.5 Å². The lowest BCUT2D eigenvalue weighted by atomic mass is 10.2.